The first-order valence-corrected chi connectivity index (χ1v) is 6.35. The van der Waals surface area contributed by atoms with Gasteiger partial charge in [-0.05, 0) is 13.8 Å². The third-order valence-electron chi connectivity index (χ3n) is 3.33. The van der Waals surface area contributed by atoms with E-state index in [1.807, 2.05) is 6.92 Å². The number of furan rings is 1. The van der Waals surface area contributed by atoms with Crippen molar-refractivity contribution in [3.63, 3.8) is 0 Å². The van der Waals surface area contributed by atoms with Crippen LogP contribution < -0.4 is 10.6 Å². The zero-order chi connectivity index (χ0) is 13.8. The summed E-state index contributed by atoms with van der Waals surface area (Å²) in [6, 6.07) is 2.06. The fraction of sp³-hybridized carbons (Fsp3) is 0.538. The van der Waals surface area contributed by atoms with Crippen molar-refractivity contribution in [2.24, 2.45) is 0 Å². The molecule has 0 spiro atoms. The molecule has 6 nitrogen and oxygen atoms in total. The van der Waals surface area contributed by atoms with Crippen molar-refractivity contribution in [1.82, 2.24) is 10.2 Å². The summed E-state index contributed by atoms with van der Waals surface area (Å²) in [6.45, 7) is 7.42. The predicted molar refractivity (Wildman–Crippen MR) is 70.8 cm³/mol. The van der Waals surface area contributed by atoms with Crippen LogP contribution in [-0.2, 0) is 4.79 Å². The van der Waals surface area contributed by atoms with E-state index in [-0.39, 0.29) is 11.8 Å². The summed E-state index contributed by atoms with van der Waals surface area (Å²) in [5.74, 6) is 0.777. The number of aryl methyl sites for hydroxylation is 1. The van der Waals surface area contributed by atoms with Gasteiger partial charge in [0.2, 0.25) is 11.8 Å². The second-order valence-corrected chi connectivity index (χ2v) is 4.67. The lowest BCUT2D eigenvalue weighted by molar-refractivity contribution is -0.117. The Morgan fingerprint density at radius 2 is 2.16 bits per heavy atom. The van der Waals surface area contributed by atoms with Crippen molar-refractivity contribution in [3.8, 4) is 6.07 Å². The van der Waals surface area contributed by atoms with E-state index < -0.39 is 0 Å². The number of carbonyl (C=O) groups is 1. The molecule has 1 aromatic rings. The number of hydrogen-bond donors (Lipinski definition) is 2. The highest BCUT2D eigenvalue weighted by Gasteiger charge is 2.18. The van der Waals surface area contributed by atoms with Crippen LogP contribution in [0.1, 0.15) is 16.9 Å². The molecule has 0 atom stereocenters. The lowest BCUT2D eigenvalue weighted by atomic mass is 10.2. The molecule has 1 fully saturated rings. The van der Waals surface area contributed by atoms with Gasteiger partial charge < -0.3 is 9.73 Å². The topological polar surface area (TPSA) is 81.3 Å². The monoisotopic (exact) mass is 262 g/mol. The molecule has 1 aliphatic rings. The summed E-state index contributed by atoms with van der Waals surface area (Å²) in [6.07, 6.45) is 0. The van der Waals surface area contributed by atoms with E-state index >= 15 is 0 Å². The predicted octanol–water partition coefficient (Wildman–Crippen LogP) is 0.612. The highest BCUT2D eigenvalue weighted by Crippen LogP contribution is 2.25. The van der Waals surface area contributed by atoms with Crippen LogP contribution in [0.2, 0.25) is 0 Å². The Morgan fingerprint density at radius 1 is 1.47 bits per heavy atom. The van der Waals surface area contributed by atoms with Gasteiger partial charge in [-0.2, -0.15) is 5.26 Å². The standard InChI is InChI=1S/C13H18N4O2/c1-9-10(2)19-13(11(9)7-14)16-12(18)8-17-5-3-15-4-6-17/h15H,3-6,8H2,1-2H3,(H,16,18). The molecule has 6 heteroatoms. The number of rotatable bonds is 3. The average Bonchev–Trinajstić information content (AvgIpc) is 2.65. The van der Waals surface area contributed by atoms with Gasteiger partial charge in [0.1, 0.15) is 17.4 Å². The van der Waals surface area contributed by atoms with Gasteiger partial charge in [0.15, 0.2) is 0 Å². The number of nitriles is 1. The van der Waals surface area contributed by atoms with Crippen molar-refractivity contribution in [3.05, 3.63) is 16.9 Å². The second kappa shape index (κ2) is 5.87. The van der Waals surface area contributed by atoms with Crippen LogP contribution in [0, 0.1) is 25.2 Å². The number of carbonyl (C=O) groups excluding carboxylic acids is 1. The van der Waals surface area contributed by atoms with E-state index in [9.17, 15) is 4.79 Å². The lowest BCUT2D eigenvalue weighted by Crippen LogP contribution is -2.46. The maximum atomic E-state index is 11.9. The Hall–Kier alpha value is -1.84. The van der Waals surface area contributed by atoms with E-state index in [1.54, 1.807) is 6.92 Å². The zero-order valence-electron chi connectivity index (χ0n) is 11.2. The van der Waals surface area contributed by atoms with Gasteiger partial charge in [0.05, 0.1) is 6.54 Å². The van der Waals surface area contributed by atoms with Gasteiger partial charge >= 0.3 is 0 Å². The summed E-state index contributed by atoms with van der Waals surface area (Å²) in [7, 11) is 0. The van der Waals surface area contributed by atoms with E-state index in [4.69, 9.17) is 9.68 Å². The summed E-state index contributed by atoms with van der Waals surface area (Å²) in [4.78, 5) is 14.0. The van der Waals surface area contributed by atoms with Gasteiger partial charge in [-0.1, -0.05) is 0 Å². The number of piperazine rings is 1. The SMILES string of the molecule is Cc1oc(NC(=O)CN2CCNCC2)c(C#N)c1C. The first-order valence-electron chi connectivity index (χ1n) is 6.35. The molecule has 1 aromatic heterocycles. The van der Waals surface area contributed by atoms with Crippen molar-refractivity contribution in [2.45, 2.75) is 13.8 Å². The highest BCUT2D eigenvalue weighted by molar-refractivity contribution is 5.92. The maximum Gasteiger partial charge on any atom is 0.240 e. The molecule has 102 valence electrons. The minimum absolute atomic E-state index is 0.146. The molecule has 0 radical (unpaired) electrons. The van der Waals surface area contributed by atoms with E-state index in [1.165, 1.54) is 0 Å². The molecular weight excluding hydrogens is 244 g/mol. The maximum absolute atomic E-state index is 11.9. The Kier molecular flexibility index (Phi) is 4.20. The summed E-state index contributed by atoms with van der Waals surface area (Å²) in [5, 5.41) is 15.0. The van der Waals surface area contributed by atoms with Crippen LogP contribution in [0.15, 0.2) is 4.42 Å². The van der Waals surface area contributed by atoms with Crippen LogP contribution in [0.5, 0.6) is 0 Å². The van der Waals surface area contributed by atoms with Gasteiger partial charge in [-0.15, -0.1) is 0 Å². The number of nitrogens with zero attached hydrogens (tertiary/aromatic N) is 2. The minimum Gasteiger partial charge on any atom is -0.444 e. The first kappa shape index (κ1) is 13.6. The zero-order valence-corrected chi connectivity index (χ0v) is 11.2. The highest BCUT2D eigenvalue weighted by atomic mass is 16.4. The van der Waals surface area contributed by atoms with Gasteiger partial charge in [0, 0.05) is 31.7 Å². The molecule has 2 heterocycles. The molecule has 1 saturated heterocycles. The van der Waals surface area contributed by atoms with Crippen LogP contribution >= 0.6 is 0 Å². The quantitative estimate of drug-likeness (QED) is 0.834. The molecule has 2 N–H and O–H groups in total. The molecule has 2 rings (SSSR count). The first-order chi connectivity index (χ1) is 9.11. The van der Waals surface area contributed by atoms with Crippen LogP contribution in [0.25, 0.3) is 0 Å². The Balaban J connectivity index is 1.99. The van der Waals surface area contributed by atoms with Crippen molar-refractivity contribution in [1.29, 1.82) is 5.26 Å². The molecule has 19 heavy (non-hydrogen) atoms. The van der Waals surface area contributed by atoms with E-state index in [0.717, 1.165) is 31.7 Å². The Labute approximate surface area is 112 Å². The smallest absolute Gasteiger partial charge is 0.240 e. The van der Waals surface area contributed by atoms with Gasteiger partial charge in [-0.3, -0.25) is 15.0 Å². The summed E-state index contributed by atoms with van der Waals surface area (Å²) in [5.41, 5.74) is 1.19. The molecular formula is C13H18N4O2. The number of amides is 1. The van der Waals surface area contributed by atoms with E-state index in [0.29, 0.717) is 17.9 Å². The van der Waals surface area contributed by atoms with Crippen molar-refractivity contribution >= 4 is 11.8 Å². The minimum atomic E-state index is -0.146. The normalized spacial score (nSPS) is 16.1. The molecule has 0 unspecified atom stereocenters. The van der Waals surface area contributed by atoms with E-state index in [2.05, 4.69) is 21.6 Å². The second-order valence-electron chi connectivity index (χ2n) is 4.67. The molecule has 1 aliphatic heterocycles. The number of hydrogen-bond acceptors (Lipinski definition) is 5. The van der Waals surface area contributed by atoms with Crippen LogP contribution in [0.4, 0.5) is 5.88 Å². The van der Waals surface area contributed by atoms with Gasteiger partial charge in [-0.25, -0.2) is 0 Å². The molecule has 0 aromatic carbocycles. The molecule has 0 bridgehead atoms. The van der Waals surface area contributed by atoms with Gasteiger partial charge in [0.25, 0.3) is 0 Å². The largest absolute Gasteiger partial charge is 0.444 e. The Bertz CT molecular complexity index is 509. The molecule has 0 aliphatic carbocycles. The summed E-state index contributed by atoms with van der Waals surface area (Å²) >= 11 is 0. The average molecular weight is 262 g/mol. The third-order valence-corrected chi connectivity index (χ3v) is 3.33. The lowest BCUT2D eigenvalue weighted by Gasteiger charge is -2.26. The summed E-state index contributed by atoms with van der Waals surface area (Å²) < 4.78 is 5.41. The fourth-order valence-electron chi connectivity index (χ4n) is 2.09. The molecule has 1 amide bonds. The number of nitrogens with one attached hydrogen (secondary N) is 2. The Morgan fingerprint density at radius 3 is 2.79 bits per heavy atom. The van der Waals surface area contributed by atoms with Crippen LogP contribution in [-0.4, -0.2) is 43.5 Å². The van der Waals surface area contributed by atoms with Crippen molar-refractivity contribution < 1.29 is 9.21 Å². The molecule has 0 saturated carbocycles. The fourth-order valence-corrected chi connectivity index (χ4v) is 2.09. The number of anilines is 1. The van der Waals surface area contributed by atoms with Crippen LogP contribution in [0.3, 0.4) is 0 Å². The third kappa shape index (κ3) is 3.13. The van der Waals surface area contributed by atoms with Crippen molar-refractivity contribution in [2.75, 3.05) is 38.0 Å².